The van der Waals surface area contributed by atoms with Crippen LogP contribution in [0.3, 0.4) is 0 Å². The Morgan fingerprint density at radius 1 is 0.469 bits per heavy atom. The Hall–Kier alpha value is -3.88. The fraction of sp³-hybridized carbons (Fsp3) is 0. The number of H-pyrrole nitrogens is 1. The largest absolute Gasteiger partial charge is 0.354 e. The molecule has 0 aliphatic rings. The molecule has 7 rings (SSSR count). The molecule has 2 aromatic heterocycles. The molecule has 2 heterocycles. The van der Waals surface area contributed by atoms with Gasteiger partial charge in [0, 0.05) is 42.0 Å². The molecule has 0 aliphatic heterocycles. The number of aromatic nitrogens is 1. The lowest BCUT2D eigenvalue weighted by molar-refractivity contribution is 1.55. The van der Waals surface area contributed by atoms with E-state index in [0.29, 0.717) is 0 Å². The van der Waals surface area contributed by atoms with Crippen molar-refractivity contribution in [2.24, 2.45) is 0 Å². The second kappa shape index (κ2) is 6.81. The minimum absolute atomic E-state index is 1.19. The van der Waals surface area contributed by atoms with Gasteiger partial charge in [-0.15, -0.1) is 11.3 Å². The van der Waals surface area contributed by atoms with E-state index in [2.05, 4.69) is 114 Å². The fourth-order valence-electron chi connectivity index (χ4n) is 4.84. The third-order valence-electron chi connectivity index (χ3n) is 6.41. The Balaban J connectivity index is 1.52. The van der Waals surface area contributed by atoms with Gasteiger partial charge >= 0.3 is 0 Å². The van der Waals surface area contributed by atoms with E-state index in [0.717, 1.165) is 0 Å². The van der Waals surface area contributed by atoms with Crippen molar-refractivity contribution < 1.29 is 0 Å². The summed E-state index contributed by atoms with van der Waals surface area (Å²) in [5.74, 6) is 0. The van der Waals surface area contributed by atoms with Crippen LogP contribution < -0.4 is 0 Å². The Labute approximate surface area is 189 Å². The van der Waals surface area contributed by atoms with E-state index in [9.17, 15) is 0 Å². The quantitative estimate of drug-likeness (QED) is 0.284. The van der Waals surface area contributed by atoms with Gasteiger partial charge in [-0.05, 0) is 52.6 Å². The van der Waals surface area contributed by atoms with E-state index in [1.54, 1.807) is 0 Å². The molecule has 0 atom stereocenters. The van der Waals surface area contributed by atoms with Crippen molar-refractivity contribution >= 4 is 53.3 Å². The first-order valence-corrected chi connectivity index (χ1v) is 11.7. The van der Waals surface area contributed by atoms with Crippen LogP contribution in [0.1, 0.15) is 0 Å². The molecule has 0 amide bonds. The van der Waals surface area contributed by atoms with Gasteiger partial charge in [0.1, 0.15) is 0 Å². The third-order valence-corrected chi connectivity index (χ3v) is 7.62. The maximum atomic E-state index is 3.64. The van der Waals surface area contributed by atoms with Crippen LogP contribution in [-0.4, -0.2) is 4.98 Å². The number of thiophene rings is 1. The van der Waals surface area contributed by atoms with Crippen molar-refractivity contribution in [3.05, 3.63) is 109 Å². The first-order chi connectivity index (χ1) is 15.8. The predicted molar refractivity (Wildman–Crippen MR) is 140 cm³/mol. The van der Waals surface area contributed by atoms with Crippen molar-refractivity contribution in [2.45, 2.75) is 0 Å². The first kappa shape index (κ1) is 17.8. The van der Waals surface area contributed by atoms with Gasteiger partial charge in [-0.3, -0.25) is 0 Å². The molecule has 0 saturated heterocycles. The highest BCUT2D eigenvalue weighted by Gasteiger charge is 2.14. The number of benzene rings is 5. The first-order valence-electron chi connectivity index (χ1n) is 10.9. The molecule has 32 heavy (non-hydrogen) atoms. The molecule has 2 heteroatoms. The van der Waals surface area contributed by atoms with E-state index >= 15 is 0 Å². The monoisotopic (exact) mass is 425 g/mol. The Kier molecular flexibility index (Phi) is 3.78. The molecule has 0 unspecified atom stereocenters. The smallest absolute Gasteiger partial charge is 0.0479 e. The van der Waals surface area contributed by atoms with Gasteiger partial charge in [0.2, 0.25) is 0 Å². The lowest BCUT2D eigenvalue weighted by Crippen LogP contribution is -1.77. The number of fused-ring (bicyclic) bond motifs is 7. The summed E-state index contributed by atoms with van der Waals surface area (Å²) in [5.41, 5.74) is 7.42. The van der Waals surface area contributed by atoms with Crippen LogP contribution in [0.5, 0.6) is 0 Å². The highest BCUT2D eigenvalue weighted by atomic mass is 32.1. The summed E-state index contributed by atoms with van der Waals surface area (Å²) in [6, 6.07) is 39.4. The van der Waals surface area contributed by atoms with E-state index in [1.165, 1.54) is 64.2 Å². The SMILES string of the molecule is c1ccc(-c2ccc3sc4c(ccc5[nH]c6ccc(-c7ccccc7)cc6c54)c3c2)cc1. The molecule has 0 saturated carbocycles. The molecule has 150 valence electrons. The average molecular weight is 426 g/mol. The molecule has 0 aliphatic carbocycles. The standard InChI is InChI=1S/C30H19NS/c1-3-7-19(8-4-1)21-11-14-26-25(18-21)29-27(31-26)15-13-23-24-17-22(20-9-5-2-6-10-20)12-16-28(24)32-30(23)29/h1-18,31H. The van der Waals surface area contributed by atoms with Crippen LogP contribution >= 0.6 is 11.3 Å². The molecule has 0 bridgehead atoms. The van der Waals surface area contributed by atoms with Crippen molar-refractivity contribution in [3.63, 3.8) is 0 Å². The highest BCUT2D eigenvalue weighted by Crippen LogP contribution is 2.43. The van der Waals surface area contributed by atoms with Crippen molar-refractivity contribution in [1.29, 1.82) is 0 Å². The normalized spacial score (nSPS) is 11.8. The molecular formula is C30H19NS. The van der Waals surface area contributed by atoms with Gasteiger partial charge in [-0.1, -0.05) is 78.9 Å². The average Bonchev–Trinajstić information content (AvgIpc) is 3.42. The summed E-state index contributed by atoms with van der Waals surface area (Å²) in [5, 5.41) is 5.29. The number of rotatable bonds is 2. The summed E-state index contributed by atoms with van der Waals surface area (Å²) in [7, 11) is 0. The zero-order valence-electron chi connectivity index (χ0n) is 17.3. The molecule has 0 spiro atoms. The highest BCUT2D eigenvalue weighted by molar-refractivity contribution is 7.26. The summed E-state index contributed by atoms with van der Waals surface area (Å²) in [6.07, 6.45) is 0. The zero-order valence-corrected chi connectivity index (χ0v) is 18.1. The number of hydrogen-bond acceptors (Lipinski definition) is 1. The van der Waals surface area contributed by atoms with Crippen LogP contribution in [-0.2, 0) is 0 Å². The predicted octanol–water partition coefficient (Wildman–Crippen LogP) is 9.02. The molecular weight excluding hydrogens is 406 g/mol. The number of hydrogen-bond donors (Lipinski definition) is 1. The van der Waals surface area contributed by atoms with Crippen LogP contribution in [0.4, 0.5) is 0 Å². The minimum atomic E-state index is 1.19. The second-order valence-corrected chi connectivity index (χ2v) is 9.35. The van der Waals surface area contributed by atoms with Gasteiger partial charge in [0.05, 0.1) is 0 Å². The topological polar surface area (TPSA) is 15.8 Å². The molecule has 0 radical (unpaired) electrons. The van der Waals surface area contributed by atoms with Crippen LogP contribution in [0.2, 0.25) is 0 Å². The molecule has 7 aromatic rings. The van der Waals surface area contributed by atoms with Crippen LogP contribution in [0, 0.1) is 0 Å². The molecule has 1 nitrogen and oxygen atoms in total. The van der Waals surface area contributed by atoms with Gasteiger partial charge < -0.3 is 4.98 Å². The van der Waals surface area contributed by atoms with E-state index in [-0.39, 0.29) is 0 Å². The van der Waals surface area contributed by atoms with Crippen LogP contribution in [0.15, 0.2) is 109 Å². The number of nitrogens with one attached hydrogen (secondary N) is 1. The van der Waals surface area contributed by atoms with Crippen molar-refractivity contribution in [1.82, 2.24) is 4.98 Å². The number of aromatic amines is 1. The zero-order chi connectivity index (χ0) is 21.1. The molecule has 0 fully saturated rings. The second-order valence-electron chi connectivity index (χ2n) is 8.30. The maximum absolute atomic E-state index is 3.64. The van der Waals surface area contributed by atoms with E-state index < -0.39 is 0 Å². The van der Waals surface area contributed by atoms with Gasteiger partial charge in [0.25, 0.3) is 0 Å². The van der Waals surface area contributed by atoms with Crippen molar-refractivity contribution in [3.8, 4) is 22.3 Å². The van der Waals surface area contributed by atoms with E-state index in [4.69, 9.17) is 0 Å². The van der Waals surface area contributed by atoms with Crippen molar-refractivity contribution in [2.75, 3.05) is 0 Å². The maximum Gasteiger partial charge on any atom is 0.0479 e. The Morgan fingerprint density at radius 3 is 1.81 bits per heavy atom. The van der Waals surface area contributed by atoms with Gasteiger partial charge in [-0.25, -0.2) is 0 Å². The summed E-state index contributed by atoms with van der Waals surface area (Å²) in [6.45, 7) is 0. The van der Waals surface area contributed by atoms with Crippen LogP contribution in [0.25, 0.3) is 64.2 Å². The van der Waals surface area contributed by atoms with Gasteiger partial charge in [0.15, 0.2) is 0 Å². The Morgan fingerprint density at radius 2 is 1.09 bits per heavy atom. The minimum Gasteiger partial charge on any atom is -0.354 e. The summed E-state index contributed by atoms with van der Waals surface area (Å²) in [4.78, 5) is 3.64. The third kappa shape index (κ3) is 2.63. The van der Waals surface area contributed by atoms with E-state index in [1.807, 2.05) is 11.3 Å². The van der Waals surface area contributed by atoms with Gasteiger partial charge in [-0.2, -0.15) is 0 Å². The lowest BCUT2D eigenvalue weighted by atomic mass is 10.0. The summed E-state index contributed by atoms with van der Waals surface area (Å²) < 4.78 is 2.69. The molecule has 5 aromatic carbocycles. The molecule has 1 N–H and O–H groups in total. The lowest BCUT2D eigenvalue weighted by Gasteiger charge is -2.02. The fourth-order valence-corrected chi connectivity index (χ4v) is 6.08. The Bertz CT molecular complexity index is 1760. The summed E-state index contributed by atoms with van der Waals surface area (Å²) >= 11 is 1.90.